The second kappa shape index (κ2) is 13.2. The van der Waals surface area contributed by atoms with Gasteiger partial charge in [0, 0.05) is 23.1 Å². The number of ether oxygens (including phenoxy) is 1. The van der Waals surface area contributed by atoms with E-state index in [0.717, 1.165) is 18.4 Å². The minimum Gasteiger partial charge on any atom is -0.493 e. The van der Waals surface area contributed by atoms with Crippen LogP contribution in [0.4, 0.5) is 0 Å². The minimum absolute atomic E-state index is 0.0724. The first kappa shape index (κ1) is 25.1. The number of hydrogen-bond donors (Lipinski definition) is 2. The second-order valence-electron chi connectivity index (χ2n) is 8.37. The van der Waals surface area contributed by atoms with Crippen LogP contribution < -0.4 is 4.74 Å². The smallest absolute Gasteiger partial charge is 0.335 e. The van der Waals surface area contributed by atoms with E-state index in [1.165, 1.54) is 50.7 Å². The van der Waals surface area contributed by atoms with E-state index in [1.54, 1.807) is 30.3 Å². The molecule has 0 radical (unpaired) electrons. The van der Waals surface area contributed by atoms with Gasteiger partial charge < -0.3 is 9.84 Å². The Morgan fingerprint density at radius 2 is 1.62 bits per heavy atom. The van der Waals surface area contributed by atoms with Gasteiger partial charge in [-0.25, -0.2) is 4.79 Å². The molecule has 2 N–H and O–H groups in total. The maximum absolute atomic E-state index is 13.0. The van der Waals surface area contributed by atoms with E-state index in [4.69, 9.17) is 4.74 Å². The van der Waals surface area contributed by atoms with Gasteiger partial charge in [0.2, 0.25) is 0 Å². The van der Waals surface area contributed by atoms with Crippen LogP contribution in [-0.2, 0) is 6.42 Å². The number of carboxylic acids is 1. The summed E-state index contributed by atoms with van der Waals surface area (Å²) in [4.78, 5) is 24.3. The Morgan fingerprint density at radius 3 is 2.32 bits per heavy atom. The maximum Gasteiger partial charge on any atom is 0.335 e. The summed E-state index contributed by atoms with van der Waals surface area (Å²) in [6.07, 6.45) is 10.1. The summed E-state index contributed by atoms with van der Waals surface area (Å²) < 4.78 is 6.05. The van der Waals surface area contributed by atoms with E-state index in [0.29, 0.717) is 35.7 Å². The quantitative estimate of drug-likeness (QED) is 0.233. The van der Waals surface area contributed by atoms with Crippen LogP contribution in [0.15, 0.2) is 42.5 Å². The van der Waals surface area contributed by atoms with Gasteiger partial charge in [-0.1, -0.05) is 69.2 Å². The van der Waals surface area contributed by atoms with Crippen molar-refractivity contribution in [2.24, 2.45) is 0 Å². The van der Waals surface area contributed by atoms with Gasteiger partial charge in [-0.15, -0.1) is 10.2 Å². The predicted octanol–water partition coefficient (Wildman–Crippen LogP) is 5.24. The first-order valence-corrected chi connectivity index (χ1v) is 11.9. The van der Waals surface area contributed by atoms with E-state index in [2.05, 4.69) is 27.5 Å². The number of hydrogen-bond acceptors (Lipinski definition) is 6. The largest absolute Gasteiger partial charge is 0.493 e. The Kier molecular flexibility index (Phi) is 9.76. The van der Waals surface area contributed by atoms with Gasteiger partial charge in [0.15, 0.2) is 11.6 Å². The molecule has 8 nitrogen and oxygen atoms in total. The molecule has 2 aromatic carbocycles. The highest BCUT2D eigenvalue weighted by Crippen LogP contribution is 2.24. The molecule has 1 aromatic heterocycles. The summed E-state index contributed by atoms with van der Waals surface area (Å²) in [6, 6.07) is 11.3. The van der Waals surface area contributed by atoms with Crippen molar-refractivity contribution < 1.29 is 19.4 Å². The van der Waals surface area contributed by atoms with Gasteiger partial charge in [0.1, 0.15) is 5.75 Å². The van der Waals surface area contributed by atoms with Crippen molar-refractivity contribution in [3.8, 4) is 5.75 Å². The number of unbranched alkanes of at least 4 members (excludes halogenated alkanes) is 7. The van der Waals surface area contributed by atoms with Crippen LogP contribution in [0.25, 0.3) is 0 Å². The van der Waals surface area contributed by atoms with Gasteiger partial charge in [-0.2, -0.15) is 5.21 Å². The van der Waals surface area contributed by atoms with Gasteiger partial charge in [-0.05, 0) is 36.8 Å². The van der Waals surface area contributed by atoms with Crippen LogP contribution in [-0.4, -0.2) is 44.1 Å². The Balaban J connectivity index is 1.65. The average Bonchev–Trinajstić information content (AvgIpc) is 3.36. The van der Waals surface area contributed by atoms with Crippen molar-refractivity contribution in [3.63, 3.8) is 0 Å². The molecule has 0 aliphatic heterocycles. The van der Waals surface area contributed by atoms with E-state index in [-0.39, 0.29) is 11.3 Å². The number of carboxylic acid groups (broad SMARTS) is 1. The fraction of sp³-hybridized carbons (Fsp3) is 0.423. The lowest BCUT2D eigenvalue weighted by Crippen LogP contribution is -2.07. The molecule has 0 aliphatic rings. The zero-order valence-corrected chi connectivity index (χ0v) is 19.6. The lowest BCUT2D eigenvalue weighted by atomic mass is 9.98. The number of aromatic amines is 1. The van der Waals surface area contributed by atoms with Crippen molar-refractivity contribution in [3.05, 3.63) is 70.5 Å². The molecule has 0 bridgehead atoms. The third-order valence-corrected chi connectivity index (χ3v) is 5.69. The number of benzene rings is 2. The van der Waals surface area contributed by atoms with E-state index >= 15 is 0 Å². The SMILES string of the molecule is CCCCCCCCCCOc1ccc(C(=O)c2cccc(C(=O)O)c2)cc1Cc1nn[nH]n1. The zero-order chi connectivity index (χ0) is 24.2. The standard InChI is InChI=1S/C26H32N4O4/c1-2-3-4-5-6-7-8-9-15-34-23-14-13-20(17-22(23)18-24-27-29-30-28-24)25(31)19-11-10-12-21(16-19)26(32)33/h10-14,16-17H,2-9,15,18H2,1H3,(H,32,33)(H,27,28,29,30). The van der Waals surface area contributed by atoms with Crippen LogP contribution in [0.1, 0.15) is 96.0 Å². The van der Waals surface area contributed by atoms with Gasteiger partial charge in [0.05, 0.1) is 12.2 Å². The van der Waals surface area contributed by atoms with Crippen LogP contribution >= 0.6 is 0 Å². The van der Waals surface area contributed by atoms with Crippen molar-refractivity contribution in [1.82, 2.24) is 20.6 Å². The third kappa shape index (κ3) is 7.50. The Hall–Kier alpha value is -3.55. The van der Waals surface area contributed by atoms with Crippen molar-refractivity contribution in [2.75, 3.05) is 6.61 Å². The number of tetrazole rings is 1. The summed E-state index contributed by atoms with van der Waals surface area (Å²) in [6.45, 7) is 2.83. The Labute approximate surface area is 199 Å². The normalized spacial score (nSPS) is 10.9. The van der Waals surface area contributed by atoms with Gasteiger partial charge >= 0.3 is 5.97 Å². The molecule has 0 fully saturated rings. The fourth-order valence-electron chi connectivity index (χ4n) is 3.81. The fourth-order valence-corrected chi connectivity index (χ4v) is 3.81. The molecule has 3 aromatic rings. The number of nitrogens with zero attached hydrogens (tertiary/aromatic N) is 3. The van der Waals surface area contributed by atoms with Crippen LogP contribution in [0.2, 0.25) is 0 Å². The Morgan fingerprint density at radius 1 is 0.912 bits per heavy atom. The molecule has 0 aliphatic carbocycles. The molecule has 0 spiro atoms. The molecular formula is C26H32N4O4. The van der Waals surface area contributed by atoms with Gasteiger partial charge in [-0.3, -0.25) is 4.79 Å². The highest BCUT2D eigenvalue weighted by atomic mass is 16.5. The van der Waals surface area contributed by atoms with Crippen LogP contribution in [0.5, 0.6) is 5.75 Å². The first-order chi connectivity index (χ1) is 16.6. The number of H-pyrrole nitrogens is 1. The highest BCUT2D eigenvalue weighted by molar-refractivity contribution is 6.10. The van der Waals surface area contributed by atoms with E-state index in [9.17, 15) is 14.7 Å². The number of nitrogens with one attached hydrogen (secondary N) is 1. The molecule has 34 heavy (non-hydrogen) atoms. The second-order valence-corrected chi connectivity index (χ2v) is 8.37. The van der Waals surface area contributed by atoms with Crippen LogP contribution in [0.3, 0.4) is 0 Å². The molecule has 0 unspecified atom stereocenters. The first-order valence-electron chi connectivity index (χ1n) is 11.9. The van der Waals surface area contributed by atoms with E-state index < -0.39 is 5.97 Å². The highest BCUT2D eigenvalue weighted by Gasteiger charge is 2.16. The molecule has 1 heterocycles. The monoisotopic (exact) mass is 464 g/mol. The lowest BCUT2D eigenvalue weighted by Gasteiger charge is -2.12. The number of carbonyl (C=O) groups excluding carboxylic acids is 1. The topological polar surface area (TPSA) is 118 Å². The van der Waals surface area contributed by atoms with E-state index in [1.807, 2.05) is 0 Å². The molecular weight excluding hydrogens is 432 g/mol. The summed E-state index contributed by atoms with van der Waals surface area (Å²) in [5.74, 6) is -0.151. The summed E-state index contributed by atoms with van der Waals surface area (Å²) in [5.41, 5.74) is 1.61. The third-order valence-electron chi connectivity index (χ3n) is 5.69. The van der Waals surface area contributed by atoms with Gasteiger partial charge in [0.25, 0.3) is 0 Å². The van der Waals surface area contributed by atoms with Crippen molar-refractivity contribution in [1.29, 1.82) is 0 Å². The number of ketones is 1. The average molecular weight is 465 g/mol. The molecule has 0 saturated carbocycles. The number of aromatic nitrogens is 4. The maximum atomic E-state index is 13.0. The van der Waals surface area contributed by atoms with Crippen molar-refractivity contribution >= 4 is 11.8 Å². The predicted molar refractivity (Wildman–Crippen MR) is 128 cm³/mol. The minimum atomic E-state index is -1.07. The molecule has 0 atom stereocenters. The lowest BCUT2D eigenvalue weighted by molar-refractivity contribution is 0.0697. The number of rotatable bonds is 15. The molecule has 0 saturated heterocycles. The molecule has 3 rings (SSSR count). The Bertz CT molecular complexity index is 1070. The molecule has 8 heteroatoms. The molecule has 180 valence electrons. The zero-order valence-electron chi connectivity index (χ0n) is 19.6. The summed E-state index contributed by atoms with van der Waals surface area (Å²) in [7, 11) is 0. The van der Waals surface area contributed by atoms with Crippen molar-refractivity contribution in [2.45, 2.75) is 64.7 Å². The number of aromatic carboxylic acids is 1. The summed E-state index contributed by atoms with van der Waals surface area (Å²) >= 11 is 0. The summed E-state index contributed by atoms with van der Waals surface area (Å²) in [5, 5.41) is 23.3. The number of carbonyl (C=O) groups is 2. The van der Waals surface area contributed by atoms with Crippen LogP contribution in [0, 0.1) is 0 Å². The molecule has 0 amide bonds.